The lowest BCUT2D eigenvalue weighted by Gasteiger charge is -2.20. The Bertz CT molecular complexity index is 520. The summed E-state index contributed by atoms with van der Waals surface area (Å²) in [4.78, 5) is 23.3. The van der Waals surface area contributed by atoms with Gasteiger partial charge in [0.25, 0.3) is 0 Å². The second-order valence-corrected chi connectivity index (χ2v) is 5.46. The number of carbonyl (C=O) groups is 2. The van der Waals surface area contributed by atoms with E-state index in [1.54, 1.807) is 18.2 Å². The van der Waals surface area contributed by atoms with E-state index in [1.807, 2.05) is 13.8 Å². The van der Waals surface area contributed by atoms with Crippen LogP contribution in [0.2, 0.25) is 5.02 Å². The monoisotopic (exact) mass is 313 g/mol. The predicted molar refractivity (Wildman–Crippen MR) is 82.6 cm³/mol. The third kappa shape index (κ3) is 5.51. The van der Waals surface area contributed by atoms with Crippen molar-refractivity contribution in [3.05, 3.63) is 23.2 Å². The Balaban J connectivity index is 2.90. The highest BCUT2D eigenvalue weighted by molar-refractivity contribution is 6.31. The van der Waals surface area contributed by atoms with Crippen LogP contribution < -0.4 is 21.1 Å². The molecule has 0 spiro atoms. The number of primary amides is 1. The van der Waals surface area contributed by atoms with Gasteiger partial charge in [0.05, 0.1) is 12.8 Å². The summed E-state index contributed by atoms with van der Waals surface area (Å²) in [5, 5.41) is 5.60. The Kier molecular flexibility index (Phi) is 6.30. The van der Waals surface area contributed by atoms with Crippen LogP contribution in [0.5, 0.6) is 5.75 Å². The number of ether oxygens (including phenoxy) is 1. The van der Waals surface area contributed by atoms with E-state index < -0.39 is 12.1 Å². The van der Waals surface area contributed by atoms with Gasteiger partial charge < -0.3 is 21.1 Å². The fourth-order valence-corrected chi connectivity index (χ4v) is 2.04. The summed E-state index contributed by atoms with van der Waals surface area (Å²) in [5.74, 6) is 0.326. The smallest absolute Gasteiger partial charge is 0.312 e. The summed E-state index contributed by atoms with van der Waals surface area (Å²) in [7, 11) is 1.49. The minimum absolute atomic E-state index is 0.217. The fourth-order valence-electron chi connectivity index (χ4n) is 1.87. The third-order valence-corrected chi connectivity index (χ3v) is 2.99. The quantitative estimate of drug-likeness (QED) is 0.752. The van der Waals surface area contributed by atoms with Gasteiger partial charge in [-0.15, -0.1) is 0 Å². The molecule has 1 aromatic carbocycles. The highest BCUT2D eigenvalue weighted by Crippen LogP contribution is 2.27. The summed E-state index contributed by atoms with van der Waals surface area (Å²) in [6.07, 6.45) is 0.470. The molecule has 6 nitrogen and oxygen atoms in total. The zero-order chi connectivity index (χ0) is 16.0. The third-order valence-electron chi connectivity index (χ3n) is 2.76. The van der Waals surface area contributed by atoms with Crippen LogP contribution in [0.4, 0.5) is 10.5 Å². The van der Waals surface area contributed by atoms with E-state index in [0.29, 0.717) is 22.9 Å². The molecule has 0 bridgehead atoms. The van der Waals surface area contributed by atoms with Crippen molar-refractivity contribution in [2.24, 2.45) is 11.7 Å². The summed E-state index contributed by atoms with van der Waals surface area (Å²) >= 11 is 5.91. The number of hydrogen-bond donors (Lipinski definition) is 3. The van der Waals surface area contributed by atoms with E-state index in [2.05, 4.69) is 10.6 Å². The number of nitrogens with two attached hydrogens (primary N) is 1. The van der Waals surface area contributed by atoms with Crippen LogP contribution in [-0.2, 0) is 4.79 Å². The molecule has 1 atom stereocenters. The lowest BCUT2D eigenvalue weighted by Crippen LogP contribution is -2.46. The first-order valence-corrected chi connectivity index (χ1v) is 6.91. The molecule has 0 aliphatic heterocycles. The molecule has 0 aromatic heterocycles. The van der Waals surface area contributed by atoms with Crippen LogP contribution in [0.15, 0.2) is 18.2 Å². The number of anilines is 1. The molecule has 116 valence electrons. The normalized spacial score (nSPS) is 11.9. The maximum Gasteiger partial charge on any atom is 0.312 e. The second-order valence-electron chi connectivity index (χ2n) is 5.02. The number of nitrogens with one attached hydrogen (secondary N) is 2. The first-order valence-electron chi connectivity index (χ1n) is 6.53. The highest BCUT2D eigenvalue weighted by Gasteiger charge is 2.22. The van der Waals surface area contributed by atoms with Gasteiger partial charge in [0, 0.05) is 5.02 Å². The zero-order valence-corrected chi connectivity index (χ0v) is 13.0. The Morgan fingerprint density at radius 1 is 1.38 bits per heavy atom. The minimum Gasteiger partial charge on any atom is -0.495 e. The predicted octanol–water partition coefficient (Wildman–Crippen LogP) is 2.37. The van der Waals surface area contributed by atoms with Gasteiger partial charge >= 0.3 is 6.03 Å². The van der Waals surface area contributed by atoms with Gasteiger partial charge in [0.15, 0.2) is 0 Å². The molecule has 1 aromatic rings. The van der Waals surface area contributed by atoms with Crippen molar-refractivity contribution in [2.45, 2.75) is 26.3 Å². The van der Waals surface area contributed by atoms with E-state index in [4.69, 9.17) is 22.1 Å². The molecule has 0 aliphatic carbocycles. The largest absolute Gasteiger partial charge is 0.495 e. The summed E-state index contributed by atoms with van der Waals surface area (Å²) in [5.41, 5.74) is 5.54. The van der Waals surface area contributed by atoms with Crippen LogP contribution in [0, 0.1) is 5.92 Å². The molecule has 21 heavy (non-hydrogen) atoms. The Labute approximate surface area is 129 Å². The molecule has 7 heteroatoms. The highest BCUT2D eigenvalue weighted by atomic mass is 35.5. The van der Waals surface area contributed by atoms with Gasteiger partial charge in [0.2, 0.25) is 5.91 Å². The van der Waals surface area contributed by atoms with Crippen LogP contribution in [-0.4, -0.2) is 25.1 Å². The number of urea groups is 1. The molecule has 0 radical (unpaired) electrons. The number of amides is 3. The van der Waals surface area contributed by atoms with Crippen molar-refractivity contribution in [1.29, 1.82) is 0 Å². The van der Waals surface area contributed by atoms with Crippen molar-refractivity contribution in [3.8, 4) is 5.75 Å². The first-order chi connectivity index (χ1) is 9.83. The van der Waals surface area contributed by atoms with Gasteiger partial charge in [0.1, 0.15) is 11.8 Å². The molecule has 0 saturated heterocycles. The van der Waals surface area contributed by atoms with Crippen molar-refractivity contribution >= 4 is 29.2 Å². The number of rotatable bonds is 6. The van der Waals surface area contributed by atoms with Crippen LogP contribution >= 0.6 is 11.6 Å². The standard InChI is InChI=1S/C14H20ClN3O3/c1-8(2)6-11(18-14(16)20)13(19)17-10-7-9(15)4-5-12(10)21-3/h4-5,7-8,11H,6H2,1-3H3,(H,17,19)(H3,16,18,20)/t11-/m1/s1. The molecule has 3 amide bonds. The Morgan fingerprint density at radius 2 is 2.05 bits per heavy atom. The van der Waals surface area contributed by atoms with Crippen molar-refractivity contribution in [2.75, 3.05) is 12.4 Å². The van der Waals surface area contributed by atoms with E-state index in [-0.39, 0.29) is 11.8 Å². The SMILES string of the molecule is COc1ccc(Cl)cc1NC(=O)[C@@H](CC(C)C)NC(N)=O. The van der Waals surface area contributed by atoms with Crippen molar-refractivity contribution in [1.82, 2.24) is 5.32 Å². The van der Waals surface area contributed by atoms with E-state index >= 15 is 0 Å². The number of carbonyl (C=O) groups excluding carboxylic acids is 2. The number of halogens is 1. The summed E-state index contributed by atoms with van der Waals surface area (Å²) < 4.78 is 5.16. The molecule has 0 unspecified atom stereocenters. The van der Waals surface area contributed by atoms with Gasteiger partial charge in [-0.3, -0.25) is 4.79 Å². The number of methoxy groups -OCH3 is 1. The molecule has 1 rings (SSSR count). The van der Waals surface area contributed by atoms with Gasteiger partial charge in [-0.05, 0) is 30.5 Å². The van der Waals surface area contributed by atoms with Crippen LogP contribution in [0.3, 0.4) is 0 Å². The van der Waals surface area contributed by atoms with Gasteiger partial charge in [-0.25, -0.2) is 4.79 Å². The van der Waals surface area contributed by atoms with Crippen LogP contribution in [0.25, 0.3) is 0 Å². The maximum absolute atomic E-state index is 12.3. The van der Waals surface area contributed by atoms with E-state index in [1.165, 1.54) is 7.11 Å². The Morgan fingerprint density at radius 3 is 2.57 bits per heavy atom. The molecular formula is C14H20ClN3O3. The lowest BCUT2D eigenvalue weighted by atomic mass is 10.0. The number of hydrogen-bond acceptors (Lipinski definition) is 3. The second kappa shape index (κ2) is 7.73. The molecule has 0 fully saturated rings. The number of benzene rings is 1. The van der Waals surface area contributed by atoms with E-state index in [0.717, 1.165) is 0 Å². The molecule has 4 N–H and O–H groups in total. The van der Waals surface area contributed by atoms with Gasteiger partial charge in [-0.2, -0.15) is 0 Å². The first kappa shape index (κ1) is 17.1. The minimum atomic E-state index is -0.742. The van der Waals surface area contributed by atoms with Crippen molar-refractivity contribution in [3.63, 3.8) is 0 Å². The topological polar surface area (TPSA) is 93.4 Å². The van der Waals surface area contributed by atoms with E-state index in [9.17, 15) is 9.59 Å². The molecular weight excluding hydrogens is 294 g/mol. The van der Waals surface area contributed by atoms with Crippen LogP contribution in [0.1, 0.15) is 20.3 Å². The Hall–Kier alpha value is -1.95. The summed E-state index contributed by atoms with van der Waals surface area (Å²) in [6, 6.07) is 3.43. The molecule has 0 saturated carbocycles. The average molecular weight is 314 g/mol. The summed E-state index contributed by atoms with van der Waals surface area (Å²) in [6.45, 7) is 3.89. The molecule has 0 heterocycles. The lowest BCUT2D eigenvalue weighted by molar-refractivity contribution is -0.118. The zero-order valence-electron chi connectivity index (χ0n) is 12.3. The maximum atomic E-state index is 12.3. The fraction of sp³-hybridized carbons (Fsp3) is 0.429. The average Bonchev–Trinajstić information content (AvgIpc) is 2.37. The molecule has 0 aliphatic rings. The van der Waals surface area contributed by atoms with Crippen molar-refractivity contribution < 1.29 is 14.3 Å². The van der Waals surface area contributed by atoms with Gasteiger partial charge in [-0.1, -0.05) is 25.4 Å².